The first-order chi connectivity index (χ1) is 1.73. The predicted octanol–water partition coefficient (Wildman–Crippen LogP) is -1.16. The topological polar surface area (TPSA) is 75.9 Å². The Morgan fingerprint density at radius 2 is 1.40 bits per heavy atom. The van der Waals surface area contributed by atoms with Crippen LogP contribution in [0.5, 0.6) is 0 Å². The van der Waals surface area contributed by atoms with Gasteiger partial charge in [-0.15, -0.1) is 0 Å². The Labute approximate surface area is 45.7 Å². The summed E-state index contributed by atoms with van der Waals surface area (Å²) in [6.07, 6.45) is 0. The van der Waals surface area contributed by atoms with E-state index in [-0.39, 0.29) is 28.3 Å². The van der Waals surface area contributed by atoms with Crippen LogP contribution in [-0.2, 0) is 22.4 Å². The maximum Gasteiger partial charge on any atom is 0.183 e. The summed E-state index contributed by atoms with van der Waals surface area (Å²) in [4.78, 5) is 0. The Morgan fingerprint density at radius 1 is 1.40 bits per heavy atom. The molecular formula is CH5AgN3. The van der Waals surface area contributed by atoms with Gasteiger partial charge in [-0.1, -0.05) is 0 Å². The largest absolute Gasteiger partial charge is 0.370 e. The molecule has 3 nitrogen and oxygen atoms in total. The van der Waals surface area contributed by atoms with Crippen molar-refractivity contribution in [3.8, 4) is 0 Å². The summed E-state index contributed by atoms with van der Waals surface area (Å²) in [7, 11) is 0. The second-order valence-electron chi connectivity index (χ2n) is 0.455. The van der Waals surface area contributed by atoms with E-state index in [2.05, 4.69) is 11.5 Å². The van der Waals surface area contributed by atoms with Crippen molar-refractivity contribution in [3.05, 3.63) is 0 Å². The van der Waals surface area contributed by atoms with Crippen molar-refractivity contribution in [1.82, 2.24) is 0 Å². The third-order valence-electron chi connectivity index (χ3n) is 0. The molecule has 0 aliphatic heterocycles. The van der Waals surface area contributed by atoms with Crippen molar-refractivity contribution < 1.29 is 22.4 Å². The van der Waals surface area contributed by atoms with Gasteiger partial charge in [0.05, 0.1) is 0 Å². The molecule has 0 fully saturated rings. The average molecular weight is 167 g/mol. The summed E-state index contributed by atoms with van der Waals surface area (Å²) in [5.41, 5.74) is 8.94. The first-order valence-electron chi connectivity index (χ1n) is 0.827. The molecule has 4 heteroatoms. The molecule has 0 aromatic carbocycles. The van der Waals surface area contributed by atoms with Gasteiger partial charge in [0.25, 0.3) is 0 Å². The van der Waals surface area contributed by atoms with Crippen LogP contribution in [0.25, 0.3) is 0 Å². The fourth-order valence-corrected chi connectivity index (χ4v) is 0. The fraction of sp³-hybridized carbons (Fsp3) is 0. The summed E-state index contributed by atoms with van der Waals surface area (Å²) < 4.78 is 0. The average Bonchev–Trinajstić information content (AvgIpc) is 0.811. The van der Waals surface area contributed by atoms with Gasteiger partial charge in [-0.3, -0.25) is 5.41 Å². The number of rotatable bonds is 0. The standard InChI is InChI=1S/CH5N3.Ag/c2-1(3)4;/h(H5,2,3,4);. The van der Waals surface area contributed by atoms with E-state index in [1.807, 2.05) is 0 Å². The third kappa shape index (κ3) is 154000. The van der Waals surface area contributed by atoms with Crippen molar-refractivity contribution in [3.63, 3.8) is 0 Å². The number of nitrogens with one attached hydrogen (secondary N) is 1. The number of guanidine groups is 1. The Hall–Kier alpha value is 0.0103. The van der Waals surface area contributed by atoms with E-state index in [1.54, 1.807) is 0 Å². The molecule has 35 valence electrons. The molecule has 5 N–H and O–H groups in total. The zero-order chi connectivity index (χ0) is 3.58. The van der Waals surface area contributed by atoms with E-state index in [0.29, 0.717) is 0 Å². The number of hydrogen-bond acceptors (Lipinski definition) is 1. The number of nitrogens with two attached hydrogens (primary N) is 2. The van der Waals surface area contributed by atoms with Crippen LogP contribution in [-0.4, -0.2) is 5.96 Å². The molecule has 0 aliphatic rings. The molecule has 0 aliphatic carbocycles. The fourth-order valence-electron chi connectivity index (χ4n) is 0. The maximum absolute atomic E-state index is 6.06. The van der Waals surface area contributed by atoms with E-state index >= 15 is 0 Å². The van der Waals surface area contributed by atoms with Gasteiger partial charge in [-0.2, -0.15) is 0 Å². The zero-order valence-corrected chi connectivity index (χ0v) is 3.94. The number of hydrogen-bond donors (Lipinski definition) is 3. The second kappa shape index (κ2) is 4.01. The van der Waals surface area contributed by atoms with Gasteiger partial charge >= 0.3 is 0 Å². The minimum atomic E-state index is -0.333. The Bertz CT molecular complexity index is 29.9. The molecule has 0 aromatic rings. The molecule has 0 atom stereocenters. The monoisotopic (exact) mass is 166 g/mol. The SMILES string of the molecule is N=C(N)N.[Ag]. The van der Waals surface area contributed by atoms with Crippen LogP contribution in [0.4, 0.5) is 0 Å². The molecule has 0 amide bonds. The molecule has 0 heterocycles. The van der Waals surface area contributed by atoms with E-state index in [9.17, 15) is 0 Å². The minimum Gasteiger partial charge on any atom is -0.370 e. The first kappa shape index (κ1) is 8.89. The van der Waals surface area contributed by atoms with E-state index in [4.69, 9.17) is 5.41 Å². The van der Waals surface area contributed by atoms with Crippen LogP contribution in [0.1, 0.15) is 0 Å². The Balaban J connectivity index is 0. The van der Waals surface area contributed by atoms with Gasteiger partial charge in [0.1, 0.15) is 0 Å². The van der Waals surface area contributed by atoms with Crippen LogP contribution in [0, 0.1) is 5.41 Å². The summed E-state index contributed by atoms with van der Waals surface area (Å²) in [6, 6.07) is 0. The van der Waals surface area contributed by atoms with Crippen molar-refractivity contribution in [2.24, 2.45) is 11.5 Å². The smallest absolute Gasteiger partial charge is 0.183 e. The molecule has 0 saturated carbocycles. The van der Waals surface area contributed by atoms with Crippen LogP contribution in [0.2, 0.25) is 0 Å². The molecule has 0 bridgehead atoms. The molecule has 5 heavy (non-hydrogen) atoms. The maximum atomic E-state index is 6.06. The van der Waals surface area contributed by atoms with E-state index < -0.39 is 0 Å². The normalized spacial score (nSPS) is 4.80. The molecule has 0 unspecified atom stereocenters. The molecule has 1 radical (unpaired) electrons. The Kier molecular flexibility index (Phi) is 7.13. The van der Waals surface area contributed by atoms with Crippen LogP contribution < -0.4 is 11.5 Å². The van der Waals surface area contributed by atoms with Crippen LogP contribution >= 0.6 is 0 Å². The predicted molar refractivity (Wildman–Crippen MR) is 16.1 cm³/mol. The van der Waals surface area contributed by atoms with Crippen molar-refractivity contribution >= 4 is 5.96 Å². The van der Waals surface area contributed by atoms with Gasteiger partial charge in [-0.25, -0.2) is 0 Å². The zero-order valence-electron chi connectivity index (χ0n) is 2.46. The van der Waals surface area contributed by atoms with Crippen molar-refractivity contribution in [2.45, 2.75) is 0 Å². The molecule has 0 aromatic heterocycles. The van der Waals surface area contributed by atoms with Gasteiger partial charge in [0.15, 0.2) is 5.96 Å². The van der Waals surface area contributed by atoms with Gasteiger partial charge in [-0.05, 0) is 0 Å². The quantitative estimate of drug-likeness (QED) is 0.241. The summed E-state index contributed by atoms with van der Waals surface area (Å²) in [6.45, 7) is 0. The molecule has 0 saturated heterocycles. The van der Waals surface area contributed by atoms with Gasteiger partial charge in [0.2, 0.25) is 0 Å². The minimum absolute atomic E-state index is 0. The van der Waals surface area contributed by atoms with Gasteiger partial charge in [0, 0.05) is 22.4 Å². The van der Waals surface area contributed by atoms with E-state index in [1.165, 1.54) is 0 Å². The summed E-state index contributed by atoms with van der Waals surface area (Å²) in [5.74, 6) is -0.333. The summed E-state index contributed by atoms with van der Waals surface area (Å²) in [5, 5.41) is 6.06. The van der Waals surface area contributed by atoms with Crippen LogP contribution in [0.3, 0.4) is 0 Å². The van der Waals surface area contributed by atoms with Crippen LogP contribution in [0.15, 0.2) is 0 Å². The Morgan fingerprint density at radius 3 is 1.40 bits per heavy atom. The molecule has 0 rings (SSSR count). The summed E-state index contributed by atoms with van der Waals surface area (Å²) >= 11 is 0. The van der Waals surface area contributed by atoms with E-state index in [0.717, 1.165) is 0 Å². The molecule has 0 spiro atoms. The van der Waals surface area contributed by atoms with Gasteiger partial charge < -0.3 is 11.5 Å². The molecular weight excluding hydrogens is 162 g/mol. The third-order valence-corrected chi connectivity index (χ3v) is 0. The van der Waals surface area contributed by atoms with Crippen molar-refractivity contribution in [2.75, 3.05) is 0 Å². The second-order valence-corrected chi connectivity index (χ2v) is 0.455. The van der Waals surface area contributed by atoms with Crippen molar-refractivity contribution in [1.29, 1.82) is 5.41 Å². The first-order valence-corrected chi connectivity index (χ1v) is 0.827.